The number of nitrogens with two attached hydrogens (primary N) is 1. The minimum Gasteiger partial charge on any atom is -0.368 e. The molecule has 0 aromatic carbocycles. The van der Waals surface area contributed by atoms with E-state index in [1.165, 1.54) is 8.66 Å². The molecule has 25 heavy (non-hydrogen) atoms. The second-order valence-electron chi connectivity index (χ2n) is 6.44. The largest absolute Gasteiger partial charge is 0.368 e. The van der Waals surface area contributed by atoms with Gasteiger partial charge in [0.1, 0.15) is 0 Å². The number of hydrogen-bond donors (Lipinski definition) is 1. The van der Waals surface area contributed by atoms with E-state index in [9.17, 15) is 0 Å². The third-order valence-electron chi connectivity index (χ3n) is 4.39. The van der Waals surface area contributed by atoms with Gasteiger partial charge in [-0.3, -0.25) is 9.80 Å². The molecule has 0 radical (unpaired) electrons. The third-order valence-corrected chi connectivity index (χ3v) is 6.00. The van der Waals surface area contributed by atoms with Crippen LogP contribution in [0.3, 0.4) is 0 Å². The van der Waals surface area contributed by atoms with E-state index >= 15 is 0 Å². The molecule has 1 aliphatic rings. The summed E-state index contributed by atoms with van der Waals surface area (Å²) in [5.41, 5.74) is 5.86. The second-order valence-corrected chi connectivity index (χ2v) is 8.99. The van der Waals surface area contributed by atoms with Gasteiger partial charge in [-0.25, -0.2) is 0 Å². The molecule has 136 valence electrons. The fourth-order valence-corrected chi connectivity index (χ4v) is 4.44. The Morgan fingerprint density at radius 2 is 1.92 bits per heavy atom. The predicted octanol–water partition coefficient (Wildman–Crippen LogP) is 2.22. The lowest BCUT2D eigenvalue weighted by atomic mass is 10.2. The highest BCUT2D eigenvalue weighted by Gasteiger charge is 2.25. The average molecular weight is 426 g/mol. The van der Waals surface area contributed by atoms with Crippen molar-refractivity contribution in [2.24, 2.45) is 0 Å². The third kappa shape index (κ3) is 4.66. The number of rotatable bonds is 5. The molecule has 0 aliphatic carbocycles. The first-order valence-electron chi connectivity index (χ1n) is 8.32. The Morgan fingerprint density at radius 1 is 1.20 bits per heavy atom. The first kappa shape index (κ1) is 18.5. The van der Waals surface area contributed by atoms with Crippen LogP contribution < -0.4 is 10.6 Å². The maximum atomic E-state index is 5.86. The first-order chi connectivity index (χ1) is 11.9. The summed E-state index contributed by atoms with van der Waals surface area (Å²) < 4.78 is 1.19. The van der Waals surface area contributed by atoms with Gasteiger partial charge in [-0.2, -0.15) is 15.0 Å². The van der Waals surface area contributed by atoms with E-state index in [4.69, 9.17) is 5.73 Å². The normalized spacial score (nSPS) is 17.6. The molecule has 3 rings (SSSR count). The summed E-state index contributed by atoms with van der Waals surface area (Å²) in [5, 5.41) is 0. The zero-order valence-corrected chi connectivity index (χ0v) is 17.2. The maximum Gasteiger partial charge on any atom is 0.229 e. The summed E-state index contributed by atoms with van der Waals surface area (Å²) in [4.78, 5) is 21.2. The zero-order chi connectivity index (χ0) is 18.0. The second kappa shape index (κ2) is 7.94. The molecule has 1 aliphatic heterocycles. The number of nitrogen functional groups attached to an aromatic ring is 1. The molecule has 9 heteroatoms. The summed E-state index contributed by atoms with van der Waals surface area (Å²) in [6.07, 6.45) is 0. The number of piperazine rings is 1. The minimum absolute atomic E-state index is 0.127. The molecule has 1 atom stereocenters. The molecule has 0 saturated carbocycles. The molecule has 2 aromatic heterocycles. The molecule has 2 aromatic rings. The van der Waals surface area contributed by atoms with E-state index in [-0.39, 0.29) is 12.0 Å². The van der Waals surface area contributed by atoms with Crippen molar-refractivity contribution in [1.29, 1.82) is 0 Å². The van der Waals surface area contributed by atoms with Gasteiger partial charge >= 0.3 is 0 Å². The van der Waals surface area contributed by atoms with Gasteiger partial charge in [0.2, 0.25) is 11.9 Å². The van der Waals surface area contributed by atoms with Crippen LogP contribution in [0.2, 0.25) is 0 Å². The van der Waals surface area contributed by atoms with E-state index in [1.54, 1.807) is 0 Å². The lowest BCUT2D eigenvalue weighted by Crippen LogP contribution is -2.46. The van der Waals surface area contributed by atoms with Crippen molar-refractivity contribution < 1.29 is 0 Å². The van der Waals surface area contributed by atoms with Crippen LogP contribution in [-0.2, 0) is 6.54 Å². The highest BCUT2D eigenvalue weighted by molar-refractivity contribution is 9.11. The molecule has 0 amide bonds. The molecule has 0 unspecified atom stereocenters. The van der Waals surface area contributed by atoms with Crippen LogP contribution in [0.1, 0.15) is 23.7 Å². The number of hydrogen-bond acceptors (Lipinski definition) is 8. The monoisotopic (exact) mass is 425 g/mol. The lowest BCUT2D eigenvalue weighted by Gasteiger charge is -2.37. The summed E-state index contributed by atoms with van der Waals surface area (Å²) in [6.45, 7) is 7.23. The smallest absolute Gasteiger partial charge is 0.229 e. The standard InChI is InChI=1S/C16H24BrN7S/c1-11(14-19-15(18)21-16(20-14)22(2)3)24-8-6-23(7-9-24)10-12-4-5-13(17)25-12/h4-5,11H,6-10H2,1-3H3,(H2,18,19,20,21)/t11-/m0/s1. The number of aromatic nitrogens is 3. The fourth-order valence-electron chi connectivity index (χ4n) is 2.91. The van der Waals surface area contributed by atoms with Crippen LogP contribution in [0, 0.1) is 0 Å². The number of halogens is 1. The van der Waals surface area contributed by atoms with Gasteiger partial charge in [-0.15, -0.1) is 11.3 Å². The van der Waals surface area contributed by atoms with Crippen LogP contribution in [0.25, 0.3) is 0 Å². The Morgan fingerprint density at radius 3 is 2.52 bits per heavy atom. The van der Waals surface area contributed by atoms with Crippen molar-refractivity contribution in [3.05, 3.63) is 26.6 Å². The van der Waals surface area contributed by atoms with E-state index in [0.717, 1.165) is 38.5 Å². The number of thiophene rings is 1. The first-order valence-corrected chi connectivity index (χ1v) is 9.92. The summed E-state index contributed by atoms with van der Waals surface area (Å²) in [6, 6.07) is 4.44. The van der Waals surface area contributed by atoms with Crippen molar-refractivity contribution in [2.45, 2.75) is 19.5 Å². The fraction of sp³-hybridized carbons (Fsp3) is 0.562. The molecular formula is C16H24BrN7S. The lowest BCUT2D eigenvalue weighted by molar-refractivity contribution is 0.0954. The average Bonchev–Trinajstić information content (AvgIpc) is 2.99. The Labute approximate surface area is 161 Å². The van der Waals surface area contributed by atoms with Gasteiger partial charge in [0.25, 0.3) is 0 Å². The number of anilines is 2. The van der Waals surface area contributed by atoms with Crippen molar-refractivity contribution in [2.75, 3.05) is 50.9 Å². The highest BCUT2D eigenvalue weighted by Crippen LogP contribution is 2.25. The quantitative estimate of drug-likeness (QED) is 0.786. The summed E-state index contributed by atoms with van der Waals surface area (Å²) in [7, 11) is 3.82. The summed E-state index contributed by atoms with van der Waals surface area (Å²) in [5.74, 6) is 1.63. The molecule has 2 N–H and O–H groups in total. The van der Waals surface area contributed by atoms with Gasteiger partial charge in [0, 0.05) is 51.7 Å². The van der Waals surface area contributed by atoms with Crippen LogP contribution in [0.15, 0.2) is 15.9 Å². The van der Waals surface area contributed by atoms with Crippen molar-refractivity contribution in [1.82, 2.24) is 24.8 Å². The van der Waals surface area contributed by atoms with E-state index < -0.39 is 0 Å². The van der Waals surface area contributed by atoms with Crippen LogP contribution in [0.5, 0.6) is 0 Å². The van der Waals surface area contributed by atoms with Crippen molar-refractivity contribution in [3.8, 4) is 0 Å². The van der Waals surface area contributed by atoms with Crippen LogP contribution in [-0.4, -0.2) is 65.0 Å². The van der Waals surface area contributed by atoms with Crippen LogP contribution in [0.4, 0.5) is 11.9 Å². The van der Waals surface area contributed by atoms with E-state index in [2.05, 4.69) is 59.7 Å². The van der Waals surface area contributed by atoms with Gasteiger partial charge in [-0.1, -0.05) is 0 Å². The van der Waals surface area contributed by atoms with Crippen molar-refractivity contribution in [3.63, 3.8) is 0 Å². The van der Waals surface area contributed by atoms with Crippen LogP contribution >= 0.6 is 27.3 Å². The molecule has 7 nitrogen and oxygen atoms in total. The van der Waals surface area contributed by atoms with Gasteiger partial charge in [0.05, 0.1) is 9.83 Å². The van der Waals surface area contributed by atoms with Gasteiger partial charge < -0.3 is 10.6 Å². The highest BCUT2D eigenvalue weighted by atomic mass is 79.9. The Kier molecular flexibility index (Phi) is 5.88. The molecule has 0 bridgehead atoms. The topological polar surface area (TPSA) is 74.4 Å². The Hall–Kier alpha value is -1.29. The molecule has 0 spiro atoms. The SMILES string of the molecule is C[C@@H](c1nc(N)nc(N(C)C)n1)N1CCN(Cc2ccc(Br)s2)CC1. The maximum absolute atomic E-state index is 5.86. The minimum atomic E-state index is 0.127. The molecule has 1 saturated heterocycles. The van der Waals surface area contributed by atoms with Crippen molar-refractivity contribution >= 4 is 39.2 Å². The molecule has 1 fully saturated rings. The molecular weight excluding hydrogens is 402 g/mol. The van der Waals surface area contributed by atoms with E-state index in [1.807, 2.05) is 30.3 Å². The predicted molar refractivity (Wildman–Crippen MR) is 106 cm³/mol. The summed E-state index contributed by atoms with van der Waals surface area (Å²) >= 11 is 5.34. The van der Waals surface area contributed by atoms with E-state index in [0.29, 0.717) is 5.95 Å². The van der Waals surface area contributed by atoms with Gasteiger partial charge in [-0.05, 0) is 35.0 Å². The molecule has 3 heterocycles. The Balaban J connectivity index is 1.60. The Bertz CT molecular complexity index is 712. The van der Waals surface area contributed by atoms with Gasteiger partial charge in [0.15, 0.2) is 5.82 Å². The number of nitrogens with zero attached hydrogens (tertiary/aromatic N) is 6. The zero-order valence-electron chi connectivity index (χ0n) is 14.8.